The molecular weight excluding hydrogens is 334 g/mol. The molecule has 1 saturated carbocycles. The van der Waals surface area contributed by atoms with Crippen molar-refractivity contribution in [2.24, 2.45) is 11.8 Å². The first kappa shape index (κ1) is 17.6. The molecule has 0 radical (unpaired) electrons. The van der Waals surface area contributed by atoms with Crippen LogP contribution in [0.2, 0.25) is 0 Å². The number of hydrogen-bond acceptors (Lipinski definition) is 3. The molecule has 1 aromatic heterocycles. The maximum atomic E-state index is 14.0. The molecule has 2 aliphatic rings. The molecule has 1 aliphatic heterocycles. The lowest BCUT2D eigenvalue weighted by atomic mass is 9.64. The Kier molecular flexibility index (Phi) is 4.53. The van der Waals surface area contributed by atoms with E-state index in [4.69, 9.17) is 0 Å². The van der Waals surface area contributed by atoms with E-state index in [1.54, 1.807) is 18.3 Å². The van der Waals surface area contributed by atoms with Crippen molar-refractivity contribution in [3.63, 3.8) is 0 Å². The summed E-state index contributed by atoms with van der Waals surface area (Å²) in [5.41, 5.74) is 1.26. The van der Waals surface area contributed by atoms with Crippen LogP contribution in [0.1, 0.15) is 36.1 Å². The minimum Gasteiger partial charge on any atom is -0.383 e. The number of hydrogen-bond donors (Lipinski definition) is 1. The summed E-state index contributed by atoms with van der Waals surface area (Å²) in [4.78, 5) is 6.66. The normalized spacial score (nSPS) is 28.9. The van der Waals surface area contributed by atoms with Gasteiger partial charge >= 0.3 is 0 Å². The number of pyridine rings is 1. The Hall–Kier alpha value is -1.85. The van der Waals surface area contributed by atoms with Crippen LogP contribution in [-0.4, -0.2) is 28.1 Å². The molecule has 1 unspecified atom stereocenters. The quantitative estimate of drug-likeness (QED) is 0.907. The summed E-state index contributed by atoms with van der Waals surface area (Å²) in [6.45, 7) is 3.68. The third-order valence-corrected chi connectivity index (χ3v) is 6.05. The number of rotatable bonds is 3. The lowest BCUT2D eigenvalue weighted by molar-refractivity contribution is -0.151. The molecule has 1 aromatic carbocycles. The predicted molar refractivity (Wildman–Crippen MR) is 95.3 cm³/mol. The topological polar surface area (TPSA) is 36.4 Å². The Balaban J connectivity index is 1.58. The van der Waals surface area contributed by atoms with Gasteiger partial charge in [0.1, 0.15) is 5.60 Å². The molecule has 4 rings (SSSR count). The summed E-state index contributed by atoms with van der Waals surface area (Å²) >= 11 is 0. The third kappa shape index (κ3) is 2.93. The van der Waals surface area contributed by atoms with Crippen LogP contribution in [0, 0.1) is 30.4 Å². The highest BCUT2D eigenvalue weighted by Crippen LogP contribution is 2.48. The largest absolute Gasteiger partial charge is 0.383 e. The lowest BCUT2D eigenvalue weighted by Crippen LogP contribution is -2.58. The van der Waals surface area contributed by atoms with Crippen molar-refractivity contribution in [1.82, 2.24) is 9.88 Å². The molecule has 1 aliphatic carbocycles. The second-order valence-electron chi connectivity index (χ2n) is 7.78. The monoisotopic (exact) mass is 358 g/mol. The molecule has 26 heavy (non-hydrogen) atoms. The number of halogens is 2. The van der Waals surface area contributed by atoms with Crippen LogP contribution in [0.25, 0.3) is 0 Å². The molecule has 138 valence electrons. The van der Waals surface area contributed by atoms with E-state index in [2.05, 4.69) is 9.88 Å². The SMILES string of the molecule is Cc1ccc(C2(O)[C@@H]3CCC[C@H]2CN(Cc2cccc(F)c2F)C3)nc1. The van der Waals surface area contributed by atoms with Gasteiger partial charge in [-0.1, -0.05) is 24.6 Å². The smallest absolute Gasteiger partial charge is 0.163 e. The Bertz CT molecular complexity index is 779. The molecule has 2 heterocycles. The summed E-state index contributed by atoms with van der Waals surface area (Å²) in [6, 6.07) is 8.25. The van der Waals surface area contributed by atoms with Crippen LogP contribution >= 0.6 is 0 Å². The molecule has 5 heteroatoms. The van der Waals surface area contributed by atoms with E-state index < -0.39 is 17.2 Å². The van der Waals surface area contributed by atoms with Gasteiger partial charge in [0, 0.05) is 43.2 Å². The maximum absolute atomic E-state index is 14.0. The van der Waals surface area contributed by atoms with Crippen molar-refractivity contribution < 1.29 is 13.9 Å². The number of piperidine rings is 1. The van der Waals surface area contributed by atoms with E-state index in [0.29, 0.717) is 25.2 Å². The Morgan fingerprint density at radius 3 is 2.54 bits per heavy atom. The lowest BCUT2D eigenvalue weighted by Gasteiger charge is -2.52. The highest BCUT2D eigenvalue weighted by atomic mass is 19.2. The number of aromatic nitrogens is 1. The molecule has 3 nitrogen and oxygen atoms in total. The Labute approximate surface area is 152 Å². The molecule has 0 spiro atoms. The van der Waals surface area contributed by atoms with E-state index in [-0.39, 0.29) is 11.8 Å². The summed E-state index contributed by atoms with van der Waals surface area (Å²) in [6.07, 6.45) is 4.73. The molecular formula is C21H24F2N2O. The van der Waals surface area contributed by atoms with Gasteiger partial charge in [-0.25, -0.2) is 8.78 Å². The minimum atomic E-state index is -0.928. The highest BCUT2D eigenvalue weighted by Gasteiger charge is 2.52. The third-order valence-electron chi connectivity index (χ3n) is 6.05. The van der Waals surface area contributed by atoms with Crippen LogP contribution in [0.15, 0.2) is 36.5 Å². The minimum absolute atomic E-state index is 0.0572. The van der Waals surface area contributed by atoms with Crippen LogP contribution in [0.5, 0.6) is 0 Å². The van der Waals surface area contributed by atoms with E-state index in [9.17, 15) is 13.9 Å². The van der Waals surface area contributed by atoms with Crippen LogP contribution in [0.3, 0.4) is 0 Å². The molecule has 2 fully saturated rings. The average Bonchev–Trinajstić information content (AvgIpc) is 2.60. The van der Waals surface area contributed by atoms with Gasteiger partial charge in [0.15, 0.2) is 11.6 Å². The van der Waals surface area contributed by atoms with E-state index in [0.717, 1.165) is 36.6 Å². The highest BCUT2D eigenvalue weighted by molar-refractivity contribution is 5.23. The van der Waals surface area contributed by atoms with Crippen molar-refractivity contribution in [2.75, 3.05) is 13.1 Å². The van der Waals surface area contributed by atoms with E-state index in [1.807, 2.05) is 19.1 Å². The van der Waals surface area contributed by atoms with Crippen LogP contribution in [0.4, 0.5) is 8.78 Å². The van der Waals surface area contributed by atoms with Crippen molar-refractivity contribution in [1.29, 1.82) is 0 Å². The molecule has 3 atom stereocenters. The average molecular weight is 358 g/mol. The zero-order valence-electron chi connectivity index (χ0n) is 15.0. The van der Waals surface area contributed by atoms with Crippen molar-refractivity contribution in [3.8, 4) is 0 Å². The summed E-state index contributed by atoms with van der Waals surface area (Å²) in [7, 11) is 0. The second kappa shape index (κ2) is 6.71. The van der Waals surface area contributed by atoms with Gasteiger partial charge in [-0.3, -0.25) is 9.88 Å². The molecule has 2 bridgehead atoms. The molecule has 1 N–H and O–H groups in total. The number of fused-ring (bicyclic) bond motifs is 2. The molecule has 0 amide bonds. The van der Waals surface area contributed by atoms with Crippen LogP contribution in [-0.2, 0) is 12.1 Å². The predicted octanol–water partition coefficient (Wildman–Crippen LogP) is 3.79. The summed E-state index contributed by atoms with van der Waals surface area (Å²) in [5, 5.41) is 11.6. The second-order valence-corrected chi connectivity index (χ2v) is 7.78. The van der Waals surface area contributed by atoms with Gasteiger partial charge in [-0.15, -0.1) is 0 Å². The zero-order valence-corrected chi connectivity index (χ0v) is 15.0. The van der Waals surface area contributed by atoms with Gasteiger partial charge in [0.25, 0.3) is 0 Å². The van der Waals surface area contributed by atoms with Crippen LogP contribution < -0.4 is 0 Å². The van der Waals surface area contributed by atoms with Gasteiger partial charge < -0.3 is 5.11 Å². The maximum Gasteiger partial charge on any atom is 0.163 e. The number of nitrogens with zero attached hydrogens (tertiary/aromatic N) is 2. The first-order chi connectivity index (χ1) is 12.5. The zero-order chi connectivity index (χ0) is 18.3. The van der Waals surface area contributed by atoms with E-state index in [1.165, 1.54) is 0 Å². The standard InChI is InChI=1S/C21H24F2N2O/c1-14-8-9-19(24-10-14)21(26)16-5-3-6-17(21)13-25(12-16)11-15-4-2-7-18(22)20(15)23/h2,4,7-10,16-17,26H,3,5-6,11-13H2,1H3/t16-,17+,21?. The van der Waals surface area contributed by atoms with E-state index >= 15 is 0 Å². The fourth-order valence-electron chi connectivity index (χ4n) is 4.71. The number of aryl methyl sites for hydroxylation is 1. The van der Waals surface area contributed by atoms with Gasteiger partial charge in [0.2, 0.25) is 0 Å². The Morgan fingerprint density at radius 2 is 1.88 bits per heavy atom. The Morgan fingerprint density at radius 1 is 1.15 bits per heavy atom. The van der Waals surface area contributed by atoms with Gasteiger partial charge in [-0.05, 0) is 37.5 Å². The summed E-state index contributed by atoms with van der Waals surface area (Å²) in [5.74, 6) is -1.46. The first-order valence-electron chi connectivity index (χ1n) is 9.29. The van der Waals surface area contributed by atoms with Crippen molar-refractivity contribution in [3.05, 3.63) is 65.0 Å². The molecule has 1 saturated heterocycles. The van der Waals surface area contributed by atoms with Gasteiger partial charge in [-0.2, -0.15) is 0 Å². The number of likely N-dealkylation sites (tertiary alicyclic amines) is 1. The summed E-state index contributed by atoms with van der Waals surface area (Å²) < 4.78 is 27.5. The number of benzene rings is 1. The molecule has 2 aromatic rings. The van der Waals surface area contributed by atoms with Crippen molar-refractivity contribution >= 4 is 0 Å². The first-order valence-corrected chi connectivity index (χ1v) is 9.29. The fraction of sp³-hybridized carbons (Fsp3) is 0.476. The fourth-order valence-corrected chi connectivity index (χ4v) is 4.71. The van der Waals surface area contributed by atoms with Crippen molar-refractivity contribution in [2.45, 2.75) is 38.3 Å². The van der Waals surface area contributed by atoms with Gasteiger partial charge in [0.05, 0.1) is 5.69 Å². The number of aliphatic hydroxyl groups is 1.